The fourth-order valence-electron chi connectivity index (χ4n) is 2.00. The van der Waals surface area contributed by atoms with Gasteiger partial charge in [-0.15, -0.1) is 0 Å². The quantitative estimate of drug-likeness (QED) is 0.714. The summed E-state index contributed by atoms with van der Waals surface area (Å²) in [5, 5.41) is 10.4. The summed E-state index contributed by atoms with van der Waals surface area (Å²) in [6.07, 6.45) is 0.543. The highest BCUT2D eigenvalue weighted by atomic mass is 16.3. The molecular weight excluding hydrogens is 203 g/mol. The topological polar surface area (TPSA) is 43.8 Å². The Balaban J connectivity index is 2.70. The molecule has 1 atom stereocenters. The highest BCUT2D eigenvalue weighted by Gasteiger charge is 2.45. The van der Waals surface area contributed by atoms with Gasteiger partial charge in [0.25, 0.3) is 5.91 Å². The molecule has 0 spiro atoms. The van der Waals surface area contributed by atoms with Crippen LogP contribution in [0.5, 0.6) is 0 Å². The van der Waals surface area contributed by atoms with Crippen LogP contribution in [0.2, 0.25) is 13.6 Å². The third-order valence-electron chi connectivity index (χ3n) is 3.50. The summed E-state index contributed by atoms with van der Waals surface area (Å²) in [4.78, 5) is 15.9. The second-order valence-corrected chi connectivity index (χ2v) is 5.36. The van der Waals surface area contributed by atoms with Crippen molar-refractivity contribution in [2.24, 2.45) is 0 Å². The predicted molar refractivity (Wildman–Crippen MR) is 66.5 cm³/mol. The zero-order valence-electron chi connectivity index (χ0n) is 11.0. The molecule has 0 aromatic carbocycles. The van der Waals surface area contributed by atoms with Crippen molar-refractivity contribution in [3.8, 4) is 0 Å². The first kappa shape index (κ1) is 13.5. The smallest absolute Gasteiger partial charge is 0.255 e. The minimum Gasteiger partial charge on any atom is -0.379 e. The van der Waals surface area contributed by atoms with E-state index < -0.39 is 5.60 Å². The van der Waals surface area contributed by atoms with E-state index in [1.54, 1.807) is 11.9 Å². The van der Waals surface area contributed by atoms with Gasteiger partial charge in [-0.1, -0.05) is 13.6 Å². The number of amides is 1. The van der Waals surface area contributed by atoms with Crippen LogP contribution in [0.1, 0.15) is 20.3 Å². The van der Waals surface area contributed by atoms with Gasteiger partial charge < -0.3 is 14.8 Å². The second kappa shape index (κ2) is 4.76. The summed E-state index contributed by atoms with van der Waals surface area (Å²) in [6.45, 7) is 9.72. The molecule has 4 nitrogen and oxygen atoms in total. The molecule has 1 unspecified atom stereocenters. The molecule has 0 aliphatic carbocycles. The Morgan fingerprint density at radius 1 is 1.50 bits per heavy atom. The Morgan fingerprint density at radius 2 is 2.06 bits per heavy atom. The maximum absolute atomic E-state index is 12.1. The Kier molecular flexibility index (Phi) is 4.02. The molecule has 0 aromatic heterocycles. The van der Waals surface area contributed by atoms with Gasteiger partial charge in [0.1, 0.15) is 0 Å². The van der Waals surface area contributed by atoms with Crippen LogP contribution in [0.3, 0.4) is 0 Å². The molecule has 1 rings (SSSR count). The van der Waals surface area contributed by atoms with Gasteiger partial charge in [-0.2, -0.15) is 0 Å². The van der Waals surface area contributed by atoms with Gasteiger partial charge in [0.05, 0.1) is 0 Å². The van der Waals surface area contributed by atoms with Gasteiger partial charge in [-0.25, -0.2) is 0 Å². The van der Waals surface area contributed by atoms with Crippen molar-refractivity contribution in [1.29, 1.82) is 0 Å². The first-order valence-corrected chi connectivity index (χ1v) is 6.01. The Morgan fingerprint density at radius 3 is 2.44 bits per heavy atom. The van der Waals surface area contributed by atoms with Crippen LogP contribution in [0.15, 0.2) is 0 Å². The summed E-state index contributed by atoms with van der Waals surface area (Å²) >= 11 is 0. The summed E-state index contributed by atoms with van der Waals surface area (Å²) in [5.41, 5.74) is -1.18. The zero-order chi connectivity index (χ0) is 12.5. The number of nitrogens with zero attached hydrogens (tertiary/aromatic N) is 2. The molecule has 1 fully saturated rings. The van der Waals surface area contributed by atoms with Crippen molar-refractivity contribution >= 4 is 12.8 Å². The summed E-state index contributed by atoms with van der Waals surface area (Å²) in [5.74, 6) is -0.148. The molecule has 92 valence electrons. The summed E-state index contributed by atoms with van der Waals surface area (Å²) in [6, 6.07) is 0.129. The molecule has 0 aromatic rings. The highest BCUT2D eigenvalue weighted by Crippen LogP contribution is 2.24. The fourth-order valence-corrected chi connectivity index (χ4v) is 2.00. The van der Waals surface area contributed by atoms with Crippen molar-refractivity contribution in [2.45, 2.75) is 45.6 Å². The number of likely N-dealkylation sites (N-methyl/N-ethyl adjacent to an activating group) is 1. The first-order chi connectivity index (χ1) is 7.28. The Labute approximate surface area is 98.7 Å². The van der Waals surface area contributed by atoms with Crippen molar-refractivity contribution in [3.63, 3.8) is 0 Å². The summed E-state index contributed by atoms with van der Waals surface area (Å²) < 4.78 is 0. The molecular formula is C11H23BN2O2. The van der Waals surface area contributed by atoms with Crippen molar-refractivity contribution in [3.05, 3.63) is 0 Å². The third-order valence-corrected chi connectivity index (χ3v) is 3.50. The molecule has 16 heavy (non-hydrogen) atoms. The van der Waals surface area contributed by atoms with Crippen LogP contribution < -0.4 is 0 Å². The van der Waals surface area contributed by atoms with Crippen LogP contribution in [0.4, 0.5) is 0 Å². The molecule has 5 heteroatoms. The predicted octanol–water partition coefficient (Wildman–Crippen LogP) is 0.541. The van der Waals surface area contributed by atoms with Gasteiger partial charge >= 0.3 is 0 Å². The van der Waals surface area contributed by atoms with E-state index in [9.17, 15) is 9.90 Å². The molecule has 1 aliphatic rings. The Hall–Kier alpha value is -0.545. The zero-order valence-corrected chi connectivity index (χ0v) is 11.0. The number of carbonyl (C=O) groups excluding carboxylic acids is 1. The number of β-amino-alcohol motifs (C(OH)–C–C–N with tert-alkyl or cyclic N) is 1. The number of carbonyl (C=O) groups is 1. The largest absolute Gasteiger partial charge is 0.379 e. The molecule has 1 N–H and O–H groups in total. The highest BCUT2D eigenvalue weighted by molar-refractivity contribution is 6.52. The van der Waals surface area contributed by atoms with E-state index in [0.717, 1.165) is 6.54 Å². The van der Waals surface area contributed by atoms with Crippen molar-refractivity contribution in [2.75, 3.05) is 20.1 Å². The normalized spacial score (nSPS) is 26.2. The van der Waals surface area contributed by atoms with E-state index in [1.807, 2.05) is 13.8 Å². The van der Waals surface area contributed by atoms with Crippen LogP contribution in [0.25, 0.3) is 0 Å². The van der Waals surface area contributed by atoms with Crippen LogP contribution in [-0.2, 0) is 4.79 Å². The standard InChI is InChI=1S/C11H23BN2O2/c1-9(2)13(5)10(15)11(16)6-7-14(8-11)12(3)4/h9,16H,6-8H2,1-5H3. The van der Waals surface area contributed by atoms with Gasteiger partial charge in [0, 0.05) is 19.6 Å². The average Bonchev–Trinajstić information content (AvgIpc) is 2.60. The van der Waals surface area contributed by atoms with Gasteiger partial charge in [-0.05, 0) is 26.8 Å². The van der Waals surface area contributed by atoms with Gasteiger partial charge in [0.2, 0.25) is 6.85 Å². The van der Waals surface area contributed by atoms with Crippen LogP contribution >= 0.6 is 0 Å². The molecule has 0 saturated carbocycles. The molecule has 1 heterocycles. The lowest BCUT2D eigenvalue weighted by atomic mass is 9.66. The van der Waals surface area contributed by atoms with Crippen molar-refractivity contribution in [1.82, 2.24) is 9.71 Å². The van der Waals surface area contributed by atoms with Gasteiger partial charge in [-0.3, -0.25) is 4.79 Å². The lowest BCUT2D eigenvalue weighted by Crippen LogP contribution is -2.52. The lowest BCUT2D eigenvalue weighted by molar-refractivity contribution is -0.149. The number of aliphatic hydroxyl groups is 1. The maximum atomic E-state index is 12.1. The SMILES string of the molecule is CB(C)N1CCC(O)(C(=O)N(C)C(C)C)C1. The lowest BCUT2D eigenvalue weighted by Gasteiger charge is -2.31. The third kappa shape index (κ3) is 2.58. The van der Waals surface area contributed by atoms with Crippen LogP contribution in [0, 0.1) is 0 Å². The van der Waals surface area contributed by atoms with E-state index in [-0.39, 0.29) is 11.9 Å². The van der Waals surface area contributed by atoms with Crippen LogP contribution in [-0.4, -0.2) is 59.4 Å². The van der Waals surface area contributed by atoms with Crippen molar-refractivity contribution < 1.29 is 9.90 Å². The Bertz CT molecular complexity index is 271. The fraction of sp³-hybridized carbons (Fsp3) is 0.909. The van der Waals surface area contributed by atoms with E-state index in [0.29, 0.717) is 19.8 Å². The first-order valence-electron chi connectivity index (χ1n) is 6.01. The number of hydrogen-bond acceptors (Lipinski definition) is 3. The minimum atomic E-state index is -1.18. The molecule has 0 radical (unpaired) electrons. The van der Waals surface area contributed by atoms with E-state index in [1.165, 1.54) is 0 Å². The molecule has 1 aliphatic heterocycles. The minimum absolute atomic E-state index is 0.129. The van der Waals surface area contributed by atoms with E-state index in [4.69, 9.17) is 0 Å². The monoisotopic (exact) mass is 226 g/mol. The van der Waals surface area contributed by atoms with Gasteiger partial charge in [0.15, 0.2) is 5.60 Å². The molecule has 0 bridgehead atoms. The molecule has 1 saturated heterocycles. The molecule has 1 amide bonds. The van der Waals surface area contributed by atoms with E-state index >= 15 is 0 Å². The second-order valence-electron chi connectivity index (χ2n) is 5.36. The maximum Gasteiger partial charge on any atom is 0.255 e. The number of hydrogen-bond donors (Lipinski definition) is 1. The summed E-state index contributed by atoms with van der Waals surface area (Å²) in [7, 11) is 1.75. The number of rotatable bonds is 3. The average molecular weight is 226 g/mol. The van der Waals surface area contributed by atoms with E-state index in [2.05, 4.69) is 18.5 Å².